The van der Waals surface area contributed by atoms with Crippen LogP contribution in [0, 0.1) is 5.82 Å². The first-order valence-electron chi connectivity index (χ1n) is 7.73. The van der Waals surface area contributed by atoms with Gasteiger partial charge in [-0.15, -0.1) is 11.3 Å². The molecule has 0 aliphatic carbocycles. The quantitative estimate of drug-likeness (QED) is 0.729. The first-order valence-corrected chi connectivity index (χ1v) is 8.61. The van der Waals surface area contributed by atoms with Gasteiger partial charge in [-0.1, -0.05) is 0 Å². The summed E-state index contributed by atoms with van der Waals surface area (Å²) in [6.07, 6.45) is 7.97. The van der Waals surface area contributed by atoms with Crippen LogP contribution in [0.5, 0.6) is 0 Å². The van der Waals surface area contributed by atoms with E-state index in [1.54, 1.807) is 23.5 Å². The first-order chi connectivity index (χ1) is 11.3. The third-order valence-electron chi connectivity index (χ3n) is 4.31. The average molecular weight is 328 g/mol. The number of anilines is 1. The molecule has 0 saturated carbocycles. The molecular formula is C17H17FN4S. The van der Waals surface area contributed by atoms with Gasteiger partial charge in [0.1, 0.15) is 5.82 Å². The maximum absolute atomic E-state index is 13.0. The zero-order valence-corrected chi connectivity index (χ0v) is 13.4. The highest BCUT2D eigenvalue weighted by Gasteiger charge is 2.22. The molecule has 0 amide bonds. The van der Waals surface area contributed by atoms with E-state index < -0.39 is 0 Å². The van der Waals surface area contributed by atoms with Gasteiger partial charge in [0.2, 0.25) is 0 Å². The topological polar surface area (TPSA) is 34.0 Å². The SMILES string of the molecule is Fc1ccc(-c2csc(N3CCC(n4ccnc4)CC3)n2)cc1. The third kappa shape index (κ3) is 2.99. The molecule has 1 saturated heterocycles. The first kappa shape index (κ1) is 14.4. The minimum absolute atomic E-state index is 0.217. The summed E-state index contributed by atoms with van der Waals surface area (Å²) in [6, 6.07) is 7.04. The fraction of sp³-hybridized carbons (Fsp3) is 0.294. The Kier molecular flexibility index (Phi) is 3.83. The molecule has 1 aliphatic heterocycles. The number of thiazole rings is 1. The lowest BCUT2D eigenvalue weighted by Gasteiger charge is -2.32. The van der Waals surface area contributed by atoms with Crippen molar-refractivity contribution in [2.75, 3.05) is 18.0 Å². The lowest BCUT2D eigenvalue weighted by molar-refractivity contribution is 0.396. The molecule has 0 unspecified atom stereocenters. The molecule has 3 aromatic rings. The van der Waals surface area contributed by atoms with E-state index in [2.05, 4.69) is 14.5 Å². The molecule has 0 atom stereocenters. The van der Waals surface area contributed by atoms with Gasteiger partial charge >= 0.3 is 0 Å². The molecule has 0 bridgehead atoms. The van der Waals surface area contributed by atoms with Crippen LogP contribution in [0.3, 0.4) is 0 Å². The Morgan fingerprint density at radius 3 is 2.61 bits per heavy atom. The molecule has 4 nitrogen and oxygen atoms in total. The van der Waals surface area contributed by atoms with Crippen LogP contribution in [0.2, 0.25) is 0 Å². The Hall–Kier alpha value is -2.21. The Labute approximate surface area is 138 Å². The van der Waals surface area contributed by atoms with Crippen molar-refractivity contribution in [1.82, 2.24) is 14.5 Å². The maximum Gasteiger partial charge on any atom is 0.185 e. The van der Waals surface area contributed by atoms with Crippen molar-refractivity contribution in [3.8, 4) is 11.3 Å². The maximum atomic E-state index is 13.0. The van der Waals surface area contributed by atoms with Crippen molar-refractivity contribution >= 4 is 16.5 Å². The van der Waals surface area contributed by atoms with Gasteiger partial charge in [0.15, 0.2) is 5.13 Å². The summed E-state index contributed by atoms with van der Waals surface area (Å²) in [7, 11) is 0. The highest BCUT2D eigenvalue weighted by Crippen LogP contribution is 2.31. The van der Waals surface area contributed by atoms with Gasteiger partial charge in [0.25, 0.3) is 0 Å². The molecule has 1 fully saturated rings. The smallest absolute Gasteiger partial charge is 0.185 e. The summed E-state index contributed by atoms with van der Waals surface area (Å²) in [6.45, 7) is 2.00. The predicted octanol–water partition coefficient (Wildman–Crippen LogP) is 3.99. The zero-order chi connectivity index (χ0) is 15.6. The van der Waals surface area contributed by atoms with E-state index in [-0.39, 0.29) is 5.82 Å². The van der Waals surface area contributed by atoms with Crippen molar-refractivity contribution in [2.45, 2.75) is 18.9 Å². The number of rotatable bonds is 3. The molecule has 4 rings (SSSR count). The van der Waals surface area contributed by atoms with E-state index in [9.17, 15) is 4.39 Å². The van der Waals surface area contributed by atoms with Crippen LogP contribution in [0.15, 0.2) is 48.4 Å². The lowest BCUT2D eigenvalue weighted by atomic mass is 10.1. The van der Waals surface area contributed by atoms with Gasteiger partial charge < -0.3 is 9.47 Å². The van der Waals surface area contributed by atoms with E-state index in [0.29, 0.717) is 6.04 Å². The van der Waals surface area contributed by atoms with Gasteiger partial charge in [0.05, 0.1) is 12.0 Å². The van der Waals surface area contributed by atoms with Gasteiger partial charge in [-0.3, -0.25) is 0 Å². The van der Waals surface area contributed by atoms with E-state index in [0.717, 1.165) is 42.3 Å². The summed E-state index contributed by atoms with van der Waals surface area (Å²) in [5.74, 6) is -0.217. The number of imidazole rings is 1. The second kappa shape index (κ2) is 6.12. The van der Waals surface area contributed by atoms with Gasteiger partial charge in [-0.2, -0.15) is 0 Å². The van der Waals surface area contributed by atoms with Crippen LogP contribution < -0.4 is 4.90 Å². The molecule has 6 heteroatoms. The fourth-order valence-corrected chi connectivity index (χ4v) is 3.89. The van der Waals surface area contributed by atoms with E-state index >= 15 is 0 Å². The van der Waals surface area contributed by atoms with Gasteiger partial charge in [-0.25, -0.2) is 14.4 Å². The molecular weight excluding hydrogens is 311 g/mol. The molecule has 1 aliphatic rings. The monoisotopic (exact) mass is 328 g/mol. The van der Waals surface area contributed by atoms with Crippen molar-refractivity contribution in [1.29, 1.82) is 0 Å². The van der Waals surface area contributed by atoms with Crippen LogP contribution in [-0.4, -0.2) is 27.6 Å². The fourth-order valence-electron chi connectivity index (χ4n) is 3.00. The largest absolute Gasteiger partial charge is 0.348 e. The predicted molar refractivity (Wildman–Crippen MR) is 90.2 cm³/mol. The summed E-state index contributed by atoms with van der Waals surface area (Å²) >= 11 is 1.66. The van der Waals surface area contributed by atoms with Gasteiger partial charge in [-0.05, 0) is 37.1 Å². The molecule has 118 valence electrons. The Morgan fingerprint density at radius 2 is 1.91 bits per heavy atom. The lowest BCUT2D eigenvalue weighted by Crippen LogP contribution is -2.34. The zero-order valence-electron chi connectivity index (χ0n) is 12.6. The highest BCUT2D eigenvalue weighted by molar-refractivity contribution is 7.14. The molecule has 0 radical (unpaired) electrons. The second-order valence-electron chi connectivity index (χ2n) is 5.75. The Bertz CT molecular complexity index is 758. The summed E-state index contributed by atoms with van der Waals surface area (Å²) in [4.78, 5) is 11.2. The van der Waals surface area contributed by atoms with E-state index in [1.165, 1.54) is 12.1 Å². The number of hydrogen-bond donors (Lipinski definition) is 0. The van der Waals surface area contributed by atoms with Crippen molar-refractivity contribution in [3.63, 3.8) is 0 Å². The van der Waals surface area contributed by atoms with E-state index in [1.807, 2.05) is 24.1 Å². The minimum atomic E-state index is -0.217. The van der Waals surface area contributed by atoms with Crippen molar-refractivity contribution in [2.24, 2.45) is 0 Å². The number of halogens is 1. The Morgan fingerprint density at radius 1 is 1.13 bits per heavy atom. The number of aromatic nitrogens is 3. The highest BCUT2D eigenvalue weighted by atomic mass is 32.1. The van der Waals surface area contributed by atoms with Crippen molar-refractivity contribution < 1.29 is 4.39 Å². The number of hydrogen-bond acceptors (Lipinski definition) is 4. The van der Waals surface area contributed by atoms with Crippen LogP contribution in [0.25, 0.3) is 11.3 Å². The molecule has 1 aromatic carbocycles. The number of piperidine rings is 1. The third-order valence-corrected chi connectivity index (χ3v) is 5.21. The molecule has 2 aromatic heterocycles. The molecule has 0 N–H and O–H groups in total. The van der Waals surface area contributed by atoms with E-state index in [4.69, 9.17) is 4.98 Å². The minimum Gasteiger partial charge on any atom is -0.348 e. The molecule has 3 heterocycles. The van der Waals surface area contributed by atoms with Crippen molar-refractivity contribution in [3.05, 3.63) is 54.2 Å². The summed E-state index contributed by atoms with van der Waals surface area (Å²) in [5.41, 5.74) is 1.88. The van der Waals surface area contributed by atoms with Crippen LogP contribution >= 0.6 is 11.3 Å². The molecule has 0 spiro atoms. The summed E-state index contributed by atoms with van der Waals surface area (Å²) < 4.78 is 15.2. The van der Waals surface area contributed by atoms with Crippen LogP contribution in [0.1, 0.15) is 18.9 Å². The average Bonchev–Trinajstić information content (AvgIpc) is 3.28. The van der Waals surface area contributed by atoms with Gasteiger partial charge in [0, 0.05) is 42.5 Å². The standard InChI is InChI=1S/C17H17FN4S/c18-14-3-1-13(2-4-14)16-11-23-17(20-16)21-8-5-15(6-9-21)22-10-7-19-12-22/h1-4,7,10-12,15H,5-6,8-9H2. The second-order valence-corrected chi connectivity index (χ2v) is 6.59. The number of nitrogens with zero attached hydrogens (tertiary/aromatic N) is 4. The normalized spacial score (nSPS) is 16.0. The van der Waals surface area contributed by atoms with Crippen LogP contribution in [0.4, 0.5) is 9.52 Å². The number of benzene rings is 1. The van der Waals surface area contributed by atoms with Crippen LogP contribution in [-0.2, 0) is 0 Å². The summed E-state index contributed by atoms with van der Waals surface area (Å²) in [5, 5.41) is 3.10. The molecule has 23 heavy (non-hydrogen) atoms. The Balaban J connectivity index is 1.45.